The minimum absolute atomic E-state index is 0.0348. The molecule has 7 heteroatoms. The first-order valence-electron chi connectivity index (χ1n) is 29.4. The maximum Gasteiger partial charge on any atom is 0.306 e. The van der Waals surface area contributed by atoms with Crippen molar-refractivity contribution in [2.45, 2.75) is 322 Å². The van der Waals surface area contributed by atoms with E-state index in [-0.39, 0.29) is 30.3 Å². The van der Waals surface area contributed by atoms with E-state index in [1.807, 2.05) is 0 Å². The predicted molar refractivity (Wildman–Crippen MR) is 280 cm³/mol. The molecule has 0 aromatic rings. The number of carbonyl (C=O) groups excluding carboxylic acids is 2. The molecule has 0 unspecified atom stereocenters. The third-order valence-corrected chi connectivity index (χ3v) is 14.3. The average Bonchev–Trinajstić information content (AvgIpc) is 3.30. The van der Waals surface area contributed by atoms with E-state index in [1.165, 1.54) is 199 Å². The number of carbonyl (C=O) groups is 2. The molecule has 0 aromatic carbocycles. The predicted octanol–water partition coefficient (Wildman–Crippen LogP) is 16.6. The number of aliphatic hydroxyl groups excluding tert-OH is 1. The second kappa shape index (κ2) is 47.9. The van der Waals surface area contributed by atoms with Crippen LogP contribution < -0.4 is 0 Å². The number of ether oxygens (including phenoxy) is 2. The van der Waals surface area contributed by atoms with Crippen LogP contribution in [-0.2, 0) is 19.1 Å². The van der Waals surface area contributed by atoms with Gasteiger partial charge in [-0.25, -0.2) is 0 Å². The van der Waals surface area contributed by atoms with Crippen molar-refractivity contribution in [3.63, 3.8) is 0 Å². The standard InChI is InChI=1S/C58H114N2O5/c1-5-9-13-17-23-31-40-55(41-32-24-18-14-10-6-2)64-57(62)44-35-27-21-29-37-48-59(50-39-51-60-52-46-54(61)47-53-60)49-38-30-22-28-36-45-58(63)65-56(42-33-25-19-15-11-7-3)43-34-26-20-16-12-8-4/h54-56,61H,5-53H2,1-4H3. The molecule has 1 aliphatic heterocycles. The Bertz CT molecular complexity index is 907. The van der Waals surface area contributed by atoms with Crippen LogP contribution in [0, 0.1) is 0 Å². The van der Waals surface area contributed by atoms with Crippen LogP contribution in [0.15, 0.2) is 0 Å². The molecule has 0 spiro atoms. The van der Waals surface area contributed by atoms with E-state index in [0.29, 0.717) is 12.8 Å². The minimum Gasteiger partial charge on any atom is -0.462 e. The van der Waals surface area contributed by atoms with Gasteiger partial charge in [0.2, 0.25) is 0 Å². The van der Waals surface area contributed by atoms with Gasteiger partial charge >= 0.3 is 11.9 Å². The van der Waals surface area contributed by atoms with Crippen molar-refractivity contribution in [3.8, 4) is 0 Å². The molecule has 1 fully saturated rings. The van der Waals surface area contributed by atoms with Crippen LogP contribution >= 0.6 is 0 Å². The maximum absolute atomic E-state index is 12.9. The Labute approximate surface area is 405 Å². The number of aliphatic hydroxyl groups is 1. The highest BCUT2D eigenvalue weighted by atomic mass is 16.5. The summed E-state index contributed by atoms with van der Waals surface area (Å²) in [7, 11) is 0. The van der Waals surface area contributed by atoms with Gasteiger partial charge in [0.15, 0.2) is 0 Å². The lowest BCUT2D eigenvalue weighted by molar-refractivity contribution is -0.151. The Balaban J connectivity index is 2.41. The van der Waals surface area contributed by atoms with Gasteiger partial charge in [-0.2, -0.15) is 0 Å². The van der Waals surface area contributed by atoms with Crippen LogP contribution in [0.3, 0.4) is 0 Å². The highest BCUT2D eigenvalue weighted by Gasteiger charge is 2.18. The maximum atomic E-state index is 12.9. The van der Waals surface area contributed by atoms with Crippen LogP contribution in [0.4, 0.5) is 0 Å². The van der Waals surface area contributed by atoms with Crippen LogP contribution in [0.1, 0.15) is 304 Å². The summed E-state index contributed by atoms with van der Waals surface area (Å²) in [6.07, 6.45) is 50.8. The largest absolute Gasteiger partial charge is 0.462 e. The topological polar surface area (TPSA) is 79.3 Å². The minimum atomic E-state index is -0.109. The Kier molecular flexibility index (Phi) is 45.5. The molecule has 0 aliphatic carbocycles. The monoisotopic (exact) mass is 919 g/mol. The van der Waals surface area contributed by atoms with E-state index in [9.17, 15) is 14.7 Å². The van der Waals surface area contributed by atoms with Crippen molar-refractivity contribution in [1.82, 2.24) is 9.80 Å². The number of nitrogens with zero attached hydrogens (tertiary/aromatic N) is 2. The Morgan fingerprint density at radius 2 is 0.723 bits per heavy atom. The third-order valence-electron chi connectivity index (χ3n) is 14.3. The number of esters is 2. The summed E-state index contributed by atoms with van der Waals surface area (Å²) in [5, 5.41) is 9.96. The first-order valence-corrected chi connectivity index (χ1v) is 29.4. The second-order valence-corrected chi connectivity index (χ2v) is 20.8. The third kappa shape index (κ3) is 41.5. The molecule has 7 nitrogen and oxygen atoms in total. The lowest BCUT2D eigenvalue weighted by Crippen LogP contribution is -2.38. The molecule has 0 aromatic heterocycles. The zero-order chi connectivity index (χ0) is 47.1. The lowest BCUT2D eigenvalue weighted by atomic mass is 10.0. The van der Waals surface area contributed by atoms with Crippen molar-refractivity contribution in [1.29, 1.82) is 0 Å². The number of unbranched alkanes of at least 4 members (excludes halogenated alkanes) is 28. The molecule has 1 rings (SSSR count). The summed E-state index contributed by atoms with van der Waals surface area (Å²) in [5.41, 5.74) is 0. The molecular weight excluding hydrogens is 805 g/mol. The van der Waals surface area contributed by atoms with Gasteiger partial charge in [-0.15, -0.1) is 0 Å². The van der Waals surface area contributed by atoms with Gasteiger partial charge in [0.25, 0.3) is 0 Å². The van der Waals surface area contributed by atoms with Crippen molar-refractivity contribution in [3.05, 3.63) is 0 Å². The molecule has 0 radical (unpaired) electrons. The van der Waals surface area contributed by atoms with Crippen molar-refractivity contribution >= 4 is 11.9 Å². The first-order chi connectivity index (χ1) is 31.9. The number of piperidine rings is 1. The van der Waals surface area contributed by atoms with E-state index < -0.39 is 0 Å². The van der Waals surface area contributed by atoms with Gasteiger partial charge in [-0.05, 0) is 122 Å². The molecule has 0 atom stereocenters. The fourth-order valence-corrected chi connectivity index (χ4v) is 9.89. The van der Waals surface area contributed by atoms with Crippen LogP contribution in [0.25, 0.3) is 0 Å². The van der Waals surface area contributed by atoms with Gasteiger partial charge in [0.05, 0.1) is 6.10 Å². The van der Waals surface area contributed by atoms with Crippen molar-refractivity contribution in [2.24, 2.45) is 0 Å². The average molecular weight is 920 g/mol. The van der Waals surface area contributed by atoms with Gasteiger partial charge in [0.1, 0.15) is 12.2 Å². The SMILES string of the molecule is CCCCCCCCC(CCCCCCCC)OC(=O)CCCCCCCN(CCCCCCCC(=O)OC(CCCCCCCC)CCCCCCCC)CCCN1CCC(O)CC1. The molecule has 0 amide bonds. The second-order valence-electron chi connectivity index (χ2n) is 20.8. The van der Waals surface area contributed by atoms with Crippen molar-refractivity contribution in [2.75, 3.05) is 39.3 Å². The van der Waals surface area contributed by atoms with Gasteiger partial charge in [-0.1, -0.05) is 195 Å². The highest BCUT2D eigenvalue weighted by Crippen LogP contribution is 2.21. The smallest absolute Gasteiger partial charge is 0.306 e. The Morgan fingerprint density at radius 1 is 0.431 bits per heavy atom. The molecule has 1 aliphatic rings. The van der Waals surface area contributed by atoms with E-state index in [1.54, 1.807) is 0 Å². The van der Waals surface area contributed by atoms with E-state index in [4.69, 9.17) is 9.47 Å². The molecule has 1 heterocycles. The first kappa shape index (κ1) is 61.8. The summed E-state index contributed by atoms with van der Waals surface area (Å²) in [5.74, 6) is 0.0695. The van der Waals surface area contributed by atoms with Crippen LogP contribution in [0.5, 0.6) is 0 Å². The Hall–Kier alpha value is -1.18. The Morgan fingerprint density at radius 3 is 1.08 bits per heavy atom. The normalized spacial score (nSPS) is 13.8. The summed E-state index contributed by atoms with van der Waals surface area (Å²) in [6.45, 7) is 15.7. The molecule has 65 heavy (non-hydrogen) atoms. The fourth-order valence-electron chi connectivity index (χ4n) is 9.89. The van der Waals surface area contributed by atoms with Gasteiger partial charge < -0.3 is 24.4 Å². The molecule has 0 bridgehead atoms. The van der Waals surface area contributed by atoms with Crippen molar-refractivity contribution < 1.29 is 24.2 Å². The molecule has 0 saturated carbocycles. The lowest BCUT2D eigenvalue weighted by Gasteiger charge is -2.30. The zero-order valence-electron chi connectivity index (χ0n) is 44.4. The summed E-state index contributed by atoms with van der Waals surface area (Å²) < 4.78 is 12.2. The fraction of sp³-hybridized carbons (Fsp3) is 0.966. The number of hydrogen-bond donors (Lipinski definition) is 1. The summed E-state index contributed by atoms with van der Waals surface area (Å²) in [4.78, 5) is 31.1. The molecule has 1 N–H and O–H groups in total. The highest BCUT2D eigenvalue weighted by molar-refractivity contribution is 5.69. The summed E-state index contributed by atoms with van der Waals surface area (Å²) >= 11 is 0. The quantitative estimate of drug-likeness (QED) is 0.0481. The van der Waals surface area contributed by atoms with Crippen LogP contribution in [-0.4, -0.2) is 84.4 Å². The number of likely N-dealkylation sites (tertiary alicyclic amines) is 1. The molecular formula is C58H114N2O5. The summed E-state index contributed by atoms with van der Waals surface area (Å²) in [6, 6.07) is 0. The zero-order valence-corrected chi connectivity index (χ0v) is 44.4. The van der Waals surface area contributed by atoms with Gasteiger partial charge in [0, 0.05) is 25.9 Å². The molecule has 386 valence electrons. The molecule has 1 saturated heterocycles. The van der Waals surface area contributed by atoms with E-state index in [2.05, 4.69) is 37.5 Å². The van der Waals surface area contributed by atoms with Gasteiger partial charge in [-0.3, -0.25) is 9.59 Å². The number of hydrogen-bond acceptors (Lipinski definition) is 7. The van der Waals surface area contributed by atoms with Crippen LogP contribution in [0.2, 0.25) is 0 Å². The van der Waals surface area contributed by atoms with E-state index in [0.717, 1.165) is 103 Å². The van der Waals surface area contributed by atoms with E-state index >= 15 is 0 Å². The number of rotatable bonds is 50.